The number of carboxylic acids is 1. The van der Waals surface area contributed by atoms with Crippen LogP contribution in [0.1, 0.15) is 55.2 Å². The number of aliphatic carboxylic acids is 1. The molecule has 0 bridgehead atoms. The molecular weight excluding hydrogens is 622 g/mol. The van der Waals surface area contributed by atoms with E-state index in [0.29, 0.717) is 16.7 Å². The number of rotatable bonds is 9. The van der Waals surface area contributed by atoms with Crippen LogP contribution in [0.15, 0.2) is 96.6 Å². The van der Waals surface area contributed by atoms with Crippen LogP contribution in [0.3, 0.4) is 0 Å². The summed E-state index contributed by atoms with van der Waals surface area (Å²) >= 11 is 0. The van der Waals surface area contributed by atoms with Crippen LogP contribution in [0, 0.1) is 23.7 Å². The van der Waals surface area contributed by atoms with Crippen LogP contribution in [0.2, 0.25) is 0 Å². The van der Waals surface area contributed by atoms with Gasteiger partial charge in [-0.25, -0.2) is 0 Å². The molecule has 49 heavy (non-hydrogen) atoms. The molecule has 1 heterocycles. The first-order valence-electron chi connectivity index (χ1n) is 16.8. The van der Waals surface area contributed by atoms with E-state index in [9.17, 15) is 29.4 Å². The zero-order valence-electron chi connectivity index (χ0n) is 27.1. The minimum atomic E-state index is -1.47. The highest BCUT2D eigenvalue weighted by Crippen LogP contribution is 2.64. The van der Waals surface area contributed by atoms with E-state index in [1.807, 2.05) is 54.6 Å². The quantitative estimate of drug-likeness (QED) is 0.228. The van der Waals surface area contributed by atoms with Crippen molar-refractivity contribution in [3.05, 3.63) is 113 Å². The van der Waals surface area contributed by atoms with E-state index in [0.717, 1.165) is 5.57 Å². The molecule has 1 saturated carbocycles. The highest BCUT2D eigenvalue weighted by Gasteiger charge is 2.66. The number of hydrogen-bond acceptors (Lipinski definition) is 7. The molecular formula is C40H37NO8. The molecule has 2 amide bonds. The predicted octanol–water partition coefficient (Wildman–Crippen LogP) is 5.48. The lowest BCUT2D eigenvalue weighted by atomic mass is 9.44. The van der Waals surface area contributed by atoms with E-state index < -0.39 is 41.0 Å². The second kappa shape index (κ2) is 12.6. The summed E-state index contributed by atoms with van der Waals surface area (Å²) in [6, 6.07) is 23.4. The first-order chi connectivity index (χ1) is 23.7. The van der Waals surface area contributed by atoms with Gasteiger partial charge in [-0.2, -0.15) is 0 Å². The Bertz CT molecular complexity index is 1910. The summed E-state index contributed by atoms with van der Waals surface area (Å²) in [6.07, 6.45) is 3.71. The number of carboxylic acid groups (broad SMARTS) is 1. The average Bonchev–Trinajstić information content (AvgIpc) is 3.35. The molecule has 1 aliphatic heterocycles. The maximum absolute atomic E-state index is 15.1. The molecule has 4 aliphatic rings. The Morgan fingerprint density at radius 2 is 1.63 bits per heavy atom. The minimum absolute atomic E-state index is 0.00463. The van der Waals surface area contributed by atoms with Crippen molar-refractivity contribution in [2.24, 2.45) is 23.7 Å². The molecule has 3 aromatic carbocycles. The van der Waals surface area contributed by atoms with Crippen molar-refractivity contribution in [1.29, 1.82) is 0 Å². The summed E-state index contributed by atoms with van der Waals surface area (Å²) in [5.74, 6) is -6.02. The van der Waals surface area contributed by atoms with Gasteiger partial charge in [0.05, 0.1) is 23.9 Å². The zero-order valence-corrected chi connectivity index (χ0v) is 27.1. The van der Waals surface area contributed by atoms with E-state index in [-0.39, 0.29) is 79.3 Å². The lowest BCUT2D eigenvalue weighted by Gasteiger charge is -2.55. The first kappa shape index (κ1) is 32.2. The van der Waals surface area contributed by atoms with E-state index in [1.54, 1.807) is 37.3 Å². The van der Waals surface area contributed by atoms with Gasteiger partial charge in [-0.1, -0.05) is 84.4 Å². The van der Waals surface area contributed by atoms with Gasteiger partial charge >= 0.3 is 5.97 Å². The number of hydrogen-bond donors (Lipinski definition) is 2. The summed E-state index contributed by atoms with van der Waals surface area (Å²) in [5, 5.41) is 21.0. The first-order valence-corrected chi connectivity index (χ1v) is 16.8. The van der Waals surface area contributed by atoms with Gasteiger partial charge in [0, 0.05) is 35.9 Å². The van der Waals surface area contributed by atoms with Crippen LogP contribution in [0.4, 0.5) is 0 Å². The number of ether oxygens (including phenoxy) is 1. The highest BCUT2D eigenvalue weighted by molar-refractivity contribution is 6.31. The largest absolute Gasteiger partial charge is 0.504 e. The highest BCUT2D eigenvalue weighted by atomic mass is 16.5. The Kier molecular flexibility index (Phi) is 8.30. The fraction of sp³-hybridized carbons (Fsp3) is 0.325. The number of fused-ring (bicyclic) bond motifs is 4. The van der Waals surface area contributed by atoms with Crippen molar-refractivity contribution < 1.29 is 38.9 Å². The molecule has 0 radical (unpaired) electrons. The van der Waals surface area contributed by atoms with Gasteiger partial charge in [0.15, 0.2) is 23.1 Å². The fourth-order valence-corrected chi connectivity index (χ4v) is 8.94. The number of carbonyl (C=O) groups is 5. The summed E-state index contributed by atoms with van der Waals surface area (Å²) in [7, 11) is 0. The molecule has 0 aromatic heterocycles. The second-order valence-corrected chi connectivity index (χ2v) is 13.2. The molecule has 2 N–H and O–H groups in total. The van der Waals surface area contributed by atoms with Crippen LogP contribution in [0.5, 0.6) is 11.5 Å². The zero-order chi connectivity index (χ0) is 34.4. The van der Waals surface area contributed by atoms with E-state index in [4.69, 9.17) is 4.74 Å². The number of aromatic hydroxyl groups is 1. The molecule has 1 saturated heterocycles. The number of likely N-dealkylation sites (tertiary alicyclic amines) is 1. The van der Waals surface area contributed by atoms with E-state index in [1.165, 1.54) is 11.0 Å². The number of amides is 2. The monoisotopic (exact) mass is 659 g/mol. The van der Waals surface area contributed by atoms with Crippen LogP contribution in [-0.4, -0.2) is 57.6 Å². The van der Waals surface area contributed by atoms with Crippen molar-refractivity contribution >= 4 is 34.9 Å². The number of phenolic OH excluding ortho intramolecular Hbond substituents is 1. The maximum atomic E-state index is 15.1. The van der Waals surface area contributed by atoms with Crippen molar-refractivity contribution in [1.82, 2.24) is 4.90 Å². The Morgan fingerprint density at radius 1 is 0.918 bits per heavy atom. The Balaban J connectivity index is 1.45. The molecule has 9 nitrogen and oxygen atoms in total. The number of nitrogens with zero attached hydrogens (tertiary/aromatic N) is 1. The van der Waals surface area contributed by atoms with Crippen molar-refractivity contribution in [3.63, 3.8) is 0 Å². The number of imide groups is 1. The van der Waals surface area contributed by atoms with E-state index in [2.05, 4.69) is 0 Å². The molecule has 0 unspecified atom stereocenters. The van der Waals surface area contributed by atoms with Gasteiger partial charge in [-0.15, -0.1) is 0 Å². The number of para-hydroxylation sites is 1. The smallest absolute Gasteiger partial charge is 0.303 e. The standard InChI is InChI=1S/C40H37NO8/c1-2-49-31-16-9-15-27(37(31)46)35-25-18-19-26-34(39(48)41(38(26)47)20-10-17-33(43)44)29(25)21-30-36(45)28(23-11-5-3-6-12-23)22-32(42)40(30,35)24-13-7-4-8-14-24/h3-9,11-16,18,22,26,29-30,34-35,46H,2,10,17,19-21H2,1H3,(H,43,44)/t26-,29+,30-,34-,35+,40-/m0/s1. The van der Waals surface area contributed by atoms with Crippen molar-refractivity contribution in [2.75, 3.05) is 13.2 Å². The molecule has 6 atom stereocenters. The topological polar surface area (TPSA) is 138 Å². The molecule has 3 aliphatic carbocycles. The van der Waals surface area contributed by atoms with Gasteiger partial charge in [0.1, 0.15) is 0 Å². The van der Waals surface area contributed by atoms with Gasteiger partial charge in [-0.3, -0.25) is 28.9 Å². The van der Waals surface area contributed by atoms with Crippen LogP contribution in [-0.2, 0) is 29.4 Å². The lowest BCUT2D eigenvalue weighted by Crippen LogP contribution is -2.58. The number of phenols is 1. The van der Waals surface area contributed by atoms with Gasteiger partial charge in [0.25, 0.3) is 0 Å². The number of benzene rings is 3. The van der Waals surface area contributed by atoms with Gasteiger partial charge < -0.3 is 14.9 Å². The Labute approximate surface area is 283 Å². The molecule has 0 spiro atoms. The molecule has 2 fully saturated rings. The van der Waals surface area contributed by atoms with Gasteiger partial charge in [0.2, 0.25) is 11.8 Å². The van der Waals surface area contributed by atoms with Crippen LogP contribution in [0.25, 0.3) is 5.57 Å². The van der Waals surface area contributed by atoms with Crippen LogP contribution >= 0.6 is 0 Å². The number of allylic oxidation sites excluding steroid dienone is 4. The normalized spacial score (nSPS) is 27.5. The molecule has 3 aromatic rings. The fourth-order valence-electron chi connectivity index (χ4n) is 8.94. The maximum Gasteiger partial charge on any atom is 0.303 e. The average molecular weight is 660 g/mol. The third kappa shape index (κ3) is 5.02. The summed E-state index contributed by atoms with van der Waals surface area (Å²) < 4.78 is 5.79. The van der Waals surface area contributed by atoms with Crippen molar-refractivity contribution in [2.45, 2.75) is 43.9 Å². The van der Waals surface area contributed by atoms with Crippen LogP contribution < -0.4 is 4.74 Å². The molecule has 9 heteroatoms. The number of Topliss-reactive ketones (excluding diaryl/α,β-unsaturated/α-hetero) is 1. The van der Waals surface area contributed by atoms with E-state index >= 15 is 4.79 Å². The molecule has 7 rings (SSSR count). The Hall–Kier alpha value is -5.31. The summed E-state index contributed by atoms with van der Waals surface area (Å²) in [5.41, 5.74) is 1.19. The third-order valence-electron chi connectivity index (χ3n) is 10.9. The SMILES string of the molecule is CCOc1cccc([C@H]2C3=CC[C@@H]4C(=O)N(CCCC(=O)O)C(=O)[C@@H]4[C@@H]3C[C@H]3C(=O)C(c4ccccc4)=CC(=O)[C@@]23c2ccccc2)c1O. The van der Waals surface area contributed by atoms with Gasteiger partial charge in [-0.05, 0) is 55.4 Å². The Morgan fingerprint density at radius 3 is 2.33 bits per heavy atom. The number of carbonyl (C=O) groups excluding carboxylic acids is 4. The predicted molar refractivity (Wildman–Crippen MR) is 179 cm³/mol. The number of ketones is 2. The summed E-state index contributed by atoms with van der Waals surface area (Å²) in [4.78, 5) is 70.3. The minimum Gasteiger partial charge on any atom is -0.504 e. The summed E-state index contributed by atoms with van der Waals surface area (Å²) in [6.45, 7) is 2.09. The molecule has 250 valence electrons. The lowest BCUT2D eigenvalue weighted by molar-refractivity contribution is -0.142. The second-order valence-electron chi connectivity index (χ2n) is 13.2. The van der Waals surface area contributed by atoms with Crippen molar-refractivity contribution in [3.8, 4) is 11.5 Å². The third-order valence-corrected chi connectivity index (χ3v) is 10.9.